The number of aryl methyl sites for hydroxylation is 1. The van der Waals surface area contributed by atoms with E-state index in [1.54, 1.807) is 18.6 Å². The highest BCUT2D eigenvalue weighted by molar-refractivity contribution is 6.06. The van der Waals surface area contributed by atoms with Gasteiger partial charge in [0.15, 0.2) is 0 Å². The van der Waals surface area contributed by atoms with E-state index >= 15 is 0 Å². The molecule has 4 aromatic heterocycles. The van der Waals surface area contributed by atoms with Gasteiger partial charge in [-0.05, 0) is 48.9 Å². The summed E-state index contributed by atoms with van der Waals surface area (Å²) in [7, 11) is 1.95. The first kappa shape index (κ1) is 21.7. The van der Waals surface area contributed by atoms with Crippen LogP contribution < -0.4 is 10.6 Å². The first-order valence-electron chi connectivity index (χ1n) is 11.7. The molecule has 35 heavy (non-hydrogen) atoms. The Morgan fingerprint density at radius 2 is 2.03 bits per heavy atom. The van der Waals surface area contributed by atoms with Gasteiger partial charge in [-0.3, -0.25) is 9.78 Å². The van der Waals surface area contributed by atoms with Crippen molar-refractivity contribution in [3.63, 3.8) is 0 Å². The highest BCUT2D eigenvalue weighted by Crippen LogP contribution is 2.37. The number of aliphatic hydroxyl groups is 1. The largest absolute Gasteiger partial charge is 0.390 e. The van der Waals surface area contributed by atoms with E-state index in [0.29, 0.717) is 42.9 Å². The van der Waals surface area contributed by atoms with Crippen LogP contribution in [-0.2, 0) is 13.6 Å². The second-order valence-corrected chi connectivity index (χ2v) is 9.27. The van der Waals surface area contributed by atoms with Gasteiger partial charge in [0, 0.05) is 48.7 Å². The van der Waals surface area contributed by atoms with Crippen LogP contribution in [0.2, 0.25) is 0 Å². The van der Waals surface area contributed by atoms with E-state index in [9.17, 15) is 14.3 Å². The molecule has 5 heterocycles. The Morgan fingerprint density at radius 3 is 2.83 bits per heavy atom. The summed E-state index contributed by atoms with van der Waals surface area (Å²) in [5.41, 5.74) is 5.51. The van der Waals surface area contributed by atoms with Gasteiger partial charge in [-0.15, -0.1) is 0 Å². The number of aromatic nitrogens is 4. The number of pyridine rings is 3. The van der Waals surface area contributed by atoms with Gasteiger partial charge in [0.1, 0.15) is 17.6 Å². The van der Waals surface area contributed by atoms with Crippen LogP contribution in [0.4, 0.5) is 15.9 Å². The molecule has 1 saturated carbocycles. The minimum atomic E-state index is -1.14. The normalized spacial score (nSPS) is 21.7. The summed E-state index contributed by atoms with van der Waals surface area (Å²) in [6.45, 7) is 0.397. The molecule has 3 N–H and O–H groups in total. The van der Waals surface area contributed by atoms with E-state index in [2.05, 4.69) is 20.6 Å². The summed E-state index contributed by atoms with van der Waals surface area (Å²) in [4.78, 5) is 26.5. The third kappa shape index (κ3) is 3.72. The van der Waals surface area contributed by atoms with Crippen molar-refractivity contribution in [3.8, 4) is 11.3 Å². The molecule has 8 nitrogen and oxygen atoms in total. The lowest BCUT2D eigenvalue weighted by molar-refractivity contribution is 0.0360. The standard InChI is InChI=1S/C26H25FN6O2/c1-33-9-7-17-16(6-8-28-25(17)33)24-18-12-31-26(35)23(18)20(13-30-24)32-22-5-3-15(11-29-22)14-2-4-19(27)21(34)10-14/h3,5-9,11,13-14,19,21,34H,2,4,10,12H2,1H3,(H,29,32)(H,31,35)/t14?,19-,21-/m0/s1. The van der Waals surface area contributed by atoms with Crippen molar-refractivity contribution in [2.45, 2.75) is 44.0 Å². The molecule has 0 aromatic carbocycles. The Labute approximate surface area is 201 Å². The predicted octanol–water partition coefficient (Wildman–Crippen LogP) is 3.98. The fourth-order valence-corrected chi connectivity index (χ4v) is 5.21. The molecule has 4 aromatic rings. The number of anilines is 2. The van der Waals surface area contributed by atoms with E-state index in [1.807, 2.05) is 42.1 Å². The van der Waals surface area contributed by atoms with Crippen LogP contribution in [0.5, 0.6) is 0 Å². The number of aliphatic hydroxyl groups excluding tert-OH is 1. The van der Waals surface area contributed by atoms with Crippen LogP contribution >= 0.6 is 0 Å². The molecular weight excluding hydrogens is 447 g/mol. The van der Waals surface area contributed by atoms with Gasteiger partial charge in [-0.1, -0.05) is 6.07 Å². The first-order valence-corrected chi connectivity index (χ1v) is 11.7. The van der Waals surface area contributed by atoms with Gasteiger partial charge < -0.3 is 20.3 Å². The maximum Gasteiger partial charge on any atom is 0.254 e. The number of rotatable bonds is 4. The first-order chi connectivity index (χ1) is 17.0. The van der Waals surface area contributed by atoms with Gasteiger partial charge >= 0.3 is 0 Å². The zero-order chi connectivity index (χ0) is 24.1. The zero-order valence-corrected chi connectivity index (χ0v) is 19.2. The number of carbonyl (C=O) groups is 1. The molecule has 1 aliphatic carbocycles. The molecule has 1 amide bonds. The summed E-state index contributed by atoms with van der Waals surface area (Å²) < 4.78 is 15.6. The lowest BCUT2D eigenvalue weighted by atomic mass is 9.82. The molecule has 0 spiro atoms. The van der Waals surface area contributed by atoms with Gasteiger partial charge in [0.2, 0.25) is 0 Å². The maximum atomic E-state index is 13.6. The van der Waals surface area contributed by atoms with Crippen LogP contribution in [0.15, 0.2) is 49.1 Å². The number of carbonyl (C=O) groups excluding carboxylic acids is 1. The number of alkyl halides is 1. The highest BCUT2D eigenvalue weighted by Gasteiger charge is 2.30. The number of hydrogen-bond donors (Lipinski definition) is 3. The van der Waals surface area contributed by atoms with Gasteiger partial charge in [-0.25, -0.2) is 14.4 Å². The van der Waals surface area contributed by atoms with Crippen LogP contribution in [0.1, 0.15) is 46.7 Å². The maximum absolute atomic E-state index is 13.6. The molecular formula is C26H25FN6O2. The zero-order valence-electron chi connectivity index (χ0n) is 19.2. The quantitative estimate of drug-likeness (QED) is 0.415. The minimum Gasteiger partial charge on any atom is -0.390 e. The smallest absolute Gasteiger partial charge is 0.254 e. The van der Waals surface area contributed by atoms with Crippen LogP contribution in [0, 0.1) is 0 Å². The number of amides is 1. The third-order valence-corrected chi connectivity index (χ3v) is 7.11. The third-order valence-electron chi connectivity index (χ3n) is 7.11. The molecule has 1 unspecified atom stereocenters. The van der Waals surface area contributed by atoms with Crippen molar-refractivity contribution >= 4 is 28.4 Å². The number of nitrogens with zero attached hydrogens (tertiary/aromatic N) is 4. The van der Waals surface area contributed by atoms with Crippen molar-refractivity contribution < 1.29 is 14.3 Å². The van der Waals surface area contributed by atoms with Crippen LogP contribution in [0.25, 0.3) is 22.3 Å². The van der Waals surface area contributed by atoms with Crippen molar-refractivity contribution in [2.75, 3.05) is 5.32 Å². The second-order valence-electron chi connectivity index (χ2n) is 9.27. The van der Waals surface area contributed by atoms with Crippen LogP contribution in [-0.4, -0.2) is 42.8 Å². The molecule has 0 bridgehead atoms. The van der Waals surface area contributed by atoms with E-state index in [0.717, 1.165) is 33.4 Å². The number of hydrogen-bond acceptors (Lipinski definition) is 6. The molecule has 1 fully saturated rings. The average molecular weight is 473 g/mol. The Balaban J connectivity index is 1.31. The van der Waals surface area contributed by atoms with E-state index in [-0.39, 0.29) is 11.8 Å². The second kappa shape index (κ2) is 8.42. The Kier molecular flexibility index (Phi) is 5.21. The monoisotopic (exact) mass is 472 g/mol. The Morgan fingerprint density at radius 1 is 1.14 bits per heavy atom. The topological polar surface area (TPSA) is 105 Å². The van der Waals surface area contributed by atoms with Gasteiger partial charge in [-0.2, -0.15) is 0 Å². The number of halogens is 1. The van der Waals surface area contributed by atoms with Crippen LogP contribution in [0.3, 0.4) is 0 Å². The minimum absolute atomic E-state index is 0.0877. The summed E-state index contributed by atoms with van der Waals surface area (Å²) in [5, 5.41) is 17.0. The molecule has 1 aliphatic heterocycles. The molecule has 3 atom stereocenters. The summed E-state index contributed by atoms with van der Waals surface area (Å²) >= 11 is 0. The Hall–Kier alpha value is -3.85. The fraction of sp³-hybridized carbons (Fsp3) is 0.308. The summed E-state index contributed by atoms with van der Waals surface area (Å²) in [6.07, 6.45) is 6.52. The van der Waals surface area contributed by atoms with E-state index in [1.165, 1.54) is 0 Å². The van der Waals surface area contributed by atoms with Gasteiger partial charge in [0.25, 0.3) is 5.91 Å². The number of fused-ring (bicyclic) bond motifs is 2. The number of nitrogens with one attached hydrogen (secondary N) is 2. The molecule has 0 radical (unpaired) electrons. The molecule has 0 saturated heterocycles. The lowest BCUT2D eigenvalue weighted by Crippen LogP contribution is -2.29. The molecule has 178 valence electrons. The van der Waals surface area contributed by atoms with Gasteiger partial charge in [0.05, 0.1) is 29.2 Å². The summed E-state index contributed by atoms with van der Waals surface area (Å²) in [5.74, 6) is 0.516. The fourth-order valence-electron chi connectivity index (χ4n) is 5.21. The molecule has 9 heteroatoms. The highest BCUT2D eigenvalue weighted by atomic mass is 19.1. The van der Waals surface area contributed by atoms with E-state index < -0.39 is 12.3 Å². The predicted molar refractivity (Wildman–Crippen MR) is 130 cm³/mol. The lowest BCUT2D eigenvalue weighted by Gasteiger charge is -2.28. The van der Waals surface area contributed by atoms with Crippen molar-refractivity contribution in [1.29, 1.82) is 0 Å². The van der Waals surface area contributed by atoms with E-state index in [4.69, 9.17) is 4.98 Å². The average Bonchev–Trinajstić information content (AvgIpc) is 3.45. The van der Waals surface area contributed by atoms with Crippen molar-refractivity contribution in [3.05, 3.63) is 65.7 Å². The molecule has 2 aliphatic rings. The molecule has 6 rings (SSSR count). The van der Waals surface area contributed by atoms with Crippen molar-refractivity contribution in [1.82, 2.24) is 24.8 Å². The Bertz CT molecular complexity index is 1430. The SMILES string of the molecule is Cn1ccc2c(-c3ncc(Nc4ccc(C5CC[C@H](F)[C@@H](O)C5)cn4)c4c3CNC4=O)ccnc21. The summed E-state index contributed by atoms with van der Waals surface area (Å²) in [6, 6.07) is 7.71. The van der Waals surface area contributed by atoms with Crippen molar-refractivity contribution in [2.24, 2.45) is 7.05 Å².